The second-order valence-corrected chi connectivity index (χ2v) is 7.18. The standard InChI is InChI=1S/C25H17F7/c1-2-3-4-15-5-7-16(8-6-15)17-11-22(28)24(23(29)12-17)18-13-20(26)19(21(27)14-18)9-10-25(30,31)32/h5-8,11-14H,2-4H2,1H3. The van der Waals surface area contributed by atoms with Crippen LogP contribution in [0.3, 0.4) is 0 Å². The van der Waals surface area contributed by atoms with Crippen LogP contribution in [0.5, 0.6) is 0 Å². The molecule has 0 radical (unpaired) electrons. The maximum absolute atomic E-state index is 14.7. The molecule has 0 fully saturated rings. The minimum atomic E-state index is -4.94. The van der Waals surface area contributed by atoms with Crippen molar-refractivity contribution >= 4 is 0 Å². The molecule has 0 saturated heterocycles. The molecule has 166 valence electrons. The third-order valence-electron chi connectivity index (χ3n) is 4.81. The van der Waals surface area contributed by atoms with Crippen molar-refractivity contribution in [1.82, 2.24) is 0 Å². The minimum Gasteiger partial charge on any atom is -0.206 e. The Morgan fingerprint density at radius 3 is 1.75 bits per heavy atom. The summed E-state index contributed by atoms with van der Waals surface area (Å²) in [5, 5.41) is 0. The Bertz CT molecular complexity index is 1130. The van der Waals surface area contributed by atoms with E-state index in [1.807, 2.05) is 12.1 Å². The summed E-state index contributed by atoms with van der Waals surface area (Å²) in [4.78, 5) is 0. The number of rotatable bonds is 5. The molecule has 7 heteroatoms. The van der Waals surface area contributed by atoms with Gasteiger partial charge in [0.25, 0.3) is 0 Å². The van der Waals surface area contributed by atoms with Crippen molar-refractivity contribution in [3.05, 3.63) is 82.9 Å². The fraction of sp³-hybridized carbons (Fsp3) is 0.200. The van der Waals surface area contributed by atoms with Gasteiger partial charge in [-0.3, -0.25) is 0 Å². The molecule has 0 aliphatic carbocycles. The van der Waals surface area contributed by atoms with E-state index < -0.39 is 46.1 Å². The first-order valence-corrected chi connectivity index (χ1v) is 9.76. The monoisotopic (exact) mass is 450 g/mol. The van der Waals surface area contributed by atoms with Crippen molar-refractivity contribution in [3.63, 3.8) is 0 Å². The zero-order valence-electron chi connectivity index (χ0n) is 16.9. The summed E-state index contributed by atoms with van der Waals surface area (Å²) in [5.74, 6) is -2.92. The molecule has 0 aliphatic rings. The molecule has 0 spiro atoms. The number of halogens is 7. The molecule has 0 aromatic heterocycles. The normalized spacial score (nSPS) is 11.2. The molecule has 3 aromatic carbocycles. The zero-order chi connectivity index (χ0) is 23.5. The van der Waals surface area contributed by atoms with Crippen LogP contribution in [0.2, 0.25) is 0 Å². The summed E-state index contributed by atoms with van der Waals surface area (Å²) in [7, 11) is 0. The Balaban J connectivity index is 1.97. The van der Waals surface area contributed by atoms with E-state index in [1.165, 1.54) is 5.92 Å². The lowest BCUT2D eigenvalue weighted by Crippen LogP contribution is -2.03. The molecule has 0 heterocycles. The summed E-state index contributed by atoms with van der Waals surface area (Å²) in [6.07, 6.45) is -2.00. The van der Waals surface area contributed by atoms with Crippen molar-refractivity contribution < 1.29 is 30.7 Å². The van der Waals surface area contributed by atoms with Crippen molar-refractivity contribution in [3.8, 4) is 34.1 Å². The van der Waals surface area contributed by atoms with Crippen LogP contribution < -0.4 is 0 Å². The molecule has 0 aliphatic heterocycles. The Hall–Kier alpha value is -3.27. The molecule has 0 amide bonds. The van der Waals surface area contributed by atoms with Gasteiger partial charge >= 0.3 is 6.18 Å². The van der Waals surface area contributed by atoms with Gasteiger partial charge in [-0.05, 0) is 59.4 Å². The lowest BCUT2D eigenvalue weighted by atomic mass is 9.96. The molecule has 0 unspecified atom stereocenters. The second-order valence-electron chi connectivity index (χ2n) is 7.18. The van der Waals surface area contributed by atoms with E-state index in [4.69, 9.17) is 0 Å². The van der Waals surface area contributed by atoms with Crippen molar-refractivity contribution in [2.75, 3.05) is 0 Å². The molecule has 3 rings (SSSR count). The van der Waals surface area contributed by atoms with E-state index in [9.17, 15) is 30.7 Å². The van der Waals surface area contributed by atoms with Crippen molar-refractivity contribution in [1.29, 1.82) is 0 Å². The molecule has 0 saturated carbocycles. The smallest absolute Gasteiger partial charge is 0.206 e. The summed E-state index contributed by atoms with van der Waals surface area (Å²) >= 11 is 0. The first-order chi connectivity index (χ1) is 15.1. The number of benzene rings is 3. The van der Waals surface area contributed by atoms with Gasteiger partial charge in [-0.2, -0.15) is 13.2 Å². The highest BCUT2D eigenvalue weighted by Gasteiger charge is 2.24. The highest BCUT2D eigenvalue weighted by atomic mass is 19.4. The quantitative estimate of drug-likeness (QED) is 0.274. The van der Waals surface area contributed by atoms with Gasteiger partial charge in [-0.1, -0.05) is 43.5 Å². The van der Waals surface area contributed by atoms with Crippen LogP contribution in [0.15, 0.2) is 48.5 Å². The Morgan fingerprint density at radius 2 is 1.25 bits per heavy atom. The van der Waals surface area contributed by atoms with Crippen molar-refractivity contribution in [2.24, 2.45) is 0 Å². The van der Waals surface area contributed by atoms with Gasteiger partial charge in [-0.25, -0.2) is 17.6 Å². The molecular weight excluding hydrogens is 433 g/mol. The number of hydrogen-bond acceptors (Lipinski definition) is 0. The number of unbranched alkanes of at least 4 members (excludes halogenated alkanes) is 1. The summed E-state index contributed by atoms with van der Waals surface area (Å²) in [5.41, 5.74) is -0.431. The Kier molecular flexibility index (Phi) is 6.93. The van der Waals surface area contributed by atoms with Gasteiger partial charge < -0.3 is 0 Å². The molecule has 0 N–H and O–H groups in total. The van der Waals surface area contributed by atoms with Gasteiger partial charge in [0, 0.05) is 5.92 Å². The van der Waals surface area contributed by atoms with Crippen LogP contribution in [0.1, 0.15) is 30.9 Å². The van der Waals surface area contributed by atoms with Gasteiger partial charge in [0.15, 0.2) is 0 Å². The zero-order valence-corrected chi connectivity index (χ0v) is 16.9. The Labute approximate surface area is 180 Å². The minimum absolute atomic E-state index is 0.236. The maximum Gasteiger partial charge on any atom is 0.458 e. The number of aryl methyl sites for hydroxylation is 1. The summed E-state index contributed by atoms with van der Waals surface area (Å²) < 4.78 is 94.3. The largest absolute Gasteiger partial charge is 0.458 e. The molecule has 3 aromatic rings. The second kappa shape index (κ2) is 9.47. The molecule has 0 bridgehead atoms. The lowest BCUT2D eigenvalue weighted by Gasteiger charge is -2.11. The topological polar surface area (TPSA) is 0 Å². The van der Waals surface area contributed by atoms with Crippen LogP contribution in [0, 0.1) is 35.1 Å². The van der Waals surface area contributed by atoms with Crippen LogP contribution >= 0.6 is 0 Å². The van der Waals surface area contributed by atoms with E-state index in [-0.39, 0.29) is 5.56 Å². The van der Waals surface area contributed by atoms with E-state index >= 15 is 0 Å². The van der Waals surface area contributed by atoms with Crippen molar-refractivity contribution in [2.45, 2.75) is 32.4 Å². The average molecular weight is 450 g/mol. The number of hydrogen-bond donors (Lipinski definition) is 0. The summed E-state index contributed by atoms with van der Waals surface area (Å²) in [6, 6.07) is 10.3. The van der Waals surface area contributed by atoms with E-state index in [0.29, 0.717) is 17.7 Å². The molecule has 0 nitrogen and oxygen atoms in total. The maximum atomic E-state index is 14.7. The molecular formula is C25H17F7. The van der Waals surface area contributed by atoms with Crippen LogP contribution in [-0.4, -0.2) is 6.18 Å². The summed E-state index contributed by atoms with van der Waals surface area (Å²) in [6.45, 7) is 2.07. The fourth-order valence-electron chi connectivity index (χ4n) is 3.23. The van der Waals surface area contributed by atoms with Gasteiger partial charge in [0.1, 0.15) is 23.3 Å². The molecule has 32 heavy (non-hydrogen) atoms. The Morgan fingerprint density at radius 1 is 0.719 bits per heavy atom. The molecule has 0 atom stereocenters. The highest BCUT2D eigenvalue weighted by molar-refractivity contribution is 5.72. The first kappa shape index (κ1) is 23.4. The predicted octanol–water partition coefficient (Wildman–Crippen LogP) is 7.83. The van der Waals surface area contributed by atoms with Gasteiger partial charge in [0.05, 0.1) is 11.1 Å². The highest BCUT2D eigenvalue weighted by Crippen LogP contribution is 2.33. The van der Waals surface area contributed by atoms with E-state index in [2.05, 4.69) is 6.92 Å². The van der Waals surface area contributed by atoms with E-state index in [0.717, 1.165) is 42.9 Å². The van der Waals surface area contributed by atoms with E-state index in [1.54, 1.807) is 12.1 Å². The fourth-order valence-corrected chi connectivity index (χ4v) is 3.23. The van der Waals surface area contributed by atoms with Crippen LogP contribution in [0.25, 0.3) is 22.3 Å². The SMILES string of the molecule is CCCCc1ccc(-c2cc(F)c(-c3cc(F)c(C#CC(F)(F)F)c(F)c3)c(F)c2)cc1. The van der Waals surface area contributed by atoms with Crippen LogP contribution in [0.4, 0.5) is 30.7 Å². The van der Waals surface area contributed by atoms with Gasteiger partial charge in [0.2, 0.25) is 0 Å². The average Bonchev–Trinajstić information content (AvgIpc) is 2.70. The number of alkyl halides is 3. The predicted molar refractivity (Wildman–Crippen MR) is 109 cm³/mol. The lowest BCUT2D eigenvalue weighted by molar-refractivity contribution is -0.0696. The van der Waals surface area contributed by atoms with Crippen LogP contribution in [-0.2, 0) is 6.42 Å². The first-order valence-electron chi connectivity index (χ1n) is 9.76. The van der Waals surface area contributed by atoms with Gasteiger partial charge in [-0.15, -0.1) is 0 Å². The third-order valence-corrected chi connectivity index (χ3v) is 4.81. The third kappa shape index (κ3) is 5.50.